The lowest BCUT2D eigenvalue weighted by molar-refractivity contribution is 0.237. The first-order chi connectivity index (χ1) is 9.69. The van der Waals surface area contributed by atoms with Crippen LogP contribution in [0.2, 0.25) is 0 Å². The monoisotopic (exact) mass is 273 g/mol. The fraction of sp³-hybridized carbons (Fsp3) is 0.357. The standard InChI is InChI=1S/C14H19N5O/c1-3-11(2)18-14(20)17-9-12-4-5-13(16-8-12)19-7-6-15-10-19/h4-8,10-11H,3,9H2,1-2H3,(H2,17,18,20)/t11-/m0/s1. The Kier molecular flexibility index (Phi) is 4.70. The summed E-state index contributed by atoms with van der Waals surface area (Å²) < 4.78 is 1.83. The molecule has 0 aromatic carbocycles. The number of aromatic nitrogens is 3. The molecule has 0 radical (unpaired) electrons. The SMILES string of the molecule is CC[C@H](C)NC(=O)NCc1ccc(-n2ccnc2)nc1. The van der Waals surface area contributed by atoms with E-state index in [4.69, 9.17) is 0 Å². The van der Waals surface area contributed by atoms with E-state index in [1.165, 1.54) is 0 Å². The molecule has 2 aromatic rings. The Hall–Kier alpha value is -2.37. The van der Waals surface area contributed by atoms with Gasteiger partial charge < -0.3 is 10.6 Å². The Morgan fingerprint density at radius 2 is 2.30 bits per heavy atom. The molecular weight excluding hydrogens is 254 g/mol. The third-order valence-electron chi connectivity index (χ3n) is 3.02. The first-order valence-corrected chi connectivity index (χ1v) is 6.66. The molecule has 20 heavy (non-hydrogen) atoms. The second kappa shape index (κ2) is 6.70. The first kappa shape index (κ1) is 14.0. The summed E-state index contributed by atoms with van der Waals surface area (Å²) in [5.41, 5.74) is 0.952. The smallest absolute Gasteiger partial charge is 0.315 e. The van der Waals surface area contributed by atoms with Crippen molar-refractivity contribution in [2.75, 3.05) is 0 Å². The van der Waals surface area contributed by atoms with Crippen LogP contribution < -0.4 is 10.6 Å². The van der Waals surface area contributed by atoms with Gasteiger partial charge in [0.15, 0.2) is 0 Å². The number of hydrogen-bond acceptors (Lipinski definition) is 3. The van der Waals surface area contributed by atoms with Crippen LogP contribution in [0.25, 0.3) is 5.82 Å². The summed E-state index contributed by atoms with van der Waals surface area (Å²) in [7, 11) is 0. The van der Waals surface area contributed by atoms with Gasteiger partial charge in [-0.25, -0.2) is 14.8 Å². The van der Waals surface area contributed by atoms with Crippen LogP contribution in [-0.2, 0) is 6.54 Å². The van der Waals surface area contributed by atoms with Crippen LogP contribution in [0.5, 0.6) is 0 Å². The molecule has 2 heterocycles. The van der Waals surface area contributed by atoms with Crippen molar-refractivity contribution < 1.29 is 4.79 Å². The van der Waals surface area contributed by atoms with Crippen molar-refractivity contribution in [3.8, 4) is 5.82 Å². The molecule has 2 rings (SSSR count). The highest BCUT2D eigenvalue weighted by molar-refractivity contribution is 5.74. The zero-order valence-electron chi connectivity index (χ0n) is 11.7. The number of rotatable bonds is 5. The van der Waals surface area contributed by atoms with E-state index < -0.39 is 0 Å². The Labute approximate surface area is 118 Å². The number of imidazole rings is 1. The number of nitrogens with one attached hydrogen (secondary N) is 2. The molecule has 0 aliphatic heterocycles. The summed E-state index contributed by atoms with van der Waals surface area (Å²) in [4.78, 5) is 19.9. The average molecular weight is 273 g/mol. The highest BCUT2D eigenvalue weighted by atomic mass is 16.2. The number of pyridine rings is 1. The molecule has 106 valence electrons. The molecule has 0 unspecified atom stereocenters. The molecule has 0 saturated carbocycles. The molecule has 0 fully saturated rings. The summed E-state index contributed by atoms with van der Waals surface area (Å²) in [5.74, 6) is 0.801. The summed E-state index contributed by atoms with van der Waals surface area (Å²) in [5, 5.41) is 5.66. The number of carbonyl (C=O) groups is 1. The second-order valence-corrected chi connectivity index (χ2v) is 4.63. The lowest BCUT2D eigenvalue weighted by Crippen LogP contribution is -2.40. The fourth-order valence-corrected chi connectivity index (χ4v) is 1.63. The van der Waals surface area contributed by atoms with E-state index in [2.05, 4.69) is 20.6 Å². The highest BCUT2D eigenvalue weighted by Gasteiger charge is 2.04. The Morgan fingerprint density at radius 3 is 2.90 bits per heavy atom. The minimum absolute atomic E-state index is 0.155. The van der Waals surface area contributed by atoms with Crippen LogP contribution in [0.3, 0.4) is 0 Å². The van der Waals surface area contributed by atoms with Gasteiger partial charge in [-0.05, 0) is 25.0 Å². The van der Waals surface area contributed by atoms with Crippen molar-refractivity contribution in [3.63, 3.8) is 0 Å². The van der Waals surface area contributed by atoms with Gasteiger partial charge in [0, 0.05) is 31.2 Å². The van der Waals surface area contributed by atoms with Gasteiger partial charge in [-0.2, -0.15) is 0 Å². The van der Waals surface area contributed by atoms with Crippen molar-refractivity contribution >= 4 is 6.03 Å². The van der Waals surface area contributed by atoms with Gasteiger partial charge in [0.1, 0.15) is 12.1 Å². The number of carbonyl (C=O) groups excluding carboxylic acids is 1. The molecule has 2 amide bonds. The van der Waals surface area contributed by atoms with Crippen LogP contribution >= 0.6 is 0 Å². The fourth-order valence-electron chi connectivity index (χ4n) is 1.63. The lowest BCUT2D eigenvalue weighted by atomic mass is 10.2. The molecule has 0 saturated heterocycles. The van der Waals surface area contributed by atoms with Gasteiger partial charge in [0.25, 0.3) is 0 Å². The van der Waals surface area contributed by atoms with E-state index in [9.17, 15) is 4.79 Å². The highest BCUT2D eigenvalue weighted by Crippen LogP contribution is 2.05. The van der Waals surface area contributed by atoms with E-state index in [1.54, 1.807) is 18.7 Å². The Balaban J connectivity index is 1.87. The van der Waals surface area contributed by atoms with Crippen LogP contribution in [0.4, 0.5) is 4.79 Å². The van der Waals surface area contributed by atoms with Gasteiger partial charge in [0.05, 0.1) is 0 Å². The molecule has 0 bridgehead atoms. The minimum Gasteiger partial charge on any atom is -0.336 e. The third-order valence-corrected chi connectivity index (χ3v) is 3.02. The summed E-state index contributed by atoms with van der Waals surface area (Å²) in [6.45, 7) is 4.46. The van der Waals surface area contributed by atoms with Gasteiger partial charge in [-0.3, -0.25) is 4.57 Å². The van der Waals surface area contributed by atoms with Gasteiger partial charge >= 0.3 is 6.03 Å². The number of hydrogen-bond donors (Lipinski definition) is 2. The molecule has 1 atom stereocenters. The van der Waals surface area contributed by atoms with E-state index in [-0.39, 0.29) is 12.1 Å². The van der Waals surface area contributed by atoms with E-state index in [1.807, 2.05) is 36.7 Å². The first-order valence-electron chi connectivity index (χ1n) is 6.66. The van der Waals surface area contributed by atoms with Gasteiger partial charge in [-0.15, -0.1) is 0 Å². The number of urea groups is 1. The summed E-state index contributed by atoms with van der Waals surface area (Å²) in [6.07, 6.45) is 7.89. The molecule has 2 N–H and O–H groups in total. The molecule has 0 spiro atoms. The topological polar surface area (TPSA) is 71.8 Å². The average Bonchev–Trinajstić information content (AvgIpc) is 2.99. The molecule has 2 aromatic heterocycles. The lowest BCUT2D eigenvalue weighted by Gasteiger charge is -2.12. The molecule has 0 aliphatic rings. The summed E-state index contributed by atoms with van der Waals surface area (Å²) in [6, 6.07) is 3.85. The zero-order valence-corrected chi connectivity index (χ0v) is 11.7. The van der Waals surface area contributed by atoms with E-state index in [0.717, 1.165) is 17.8 Å². The van der Waals surface area contributed by atoms with Crippen molar-refractivity contribution in [1.29, 1.82) is 0 Å². The molecule has 6 heteroatoms. The third kappa shape index (κ3) is 3.81. The minimum atomic E-state index is -0.155. The largest absolute Gasteiger partial charge is 0.336 e. The van der Waals surface area contributed by atoms with Crippen LogP contribution in [0.15, 0.2) is 37.1 Å². The van der Waals surface area contributed by atoms with Gasteiger partial charge in [-0.1, -0.05) is 13.0 Å². The molecule has 6 nitrogen and oxygen atoms in total. The Morgan fingerprint density at radius 1 is 1.45 bits per heavy atom. The van der Waals surface area contributed by atoms with Crippen LogP contribution in [-0.4, -0.2) is 26.6 Å². The van der Waals surface area contributed by atoms with Gasteiger partial charge in [0.2, 0.25) is 0 Å². The van der Waals surface area contributed by atoms with Crippen molar-refractivity contribution in [2.45, 2.75) is 32.9 Å². The molecular formula is C14H19N5O. The maximum Gasteiger partial charge on any atom is 0.315 e. The quantitative estimate of drug-likeness (QED) is 0.873. The predicted molar refractivity (Wildman–Crippen MR) is 76.5 cm³/mol. The van der Waals surface area contributed by atoms with E-state index in [0.29, 0.717) is 6.54 Å². The zero-order chi connectivity index (χ0) is 14.4. The van der Waals surface area contributed by atoms with Crippen LogP contribution in [0, 0.1) is 0 Å². The van der Waals surface area contributed by atoms with Crippen molar-refractivity contribution in [2.24, 2.45) is 0 Å². The maximum absolute atomic E-state index is 11.6. The Bertz CT molecular complexity index is 535. The van der Waals surface area contributed by atoms with Crippen molar-refractivity contribution in [3.05, 3.63) is 42.6 Å². The van der Waals surface area contributed by atoms with Crippen LogP contribution in [0.1, 0.15) is 25.8 Å². The molecule has 0 aliphatic carbocycles. The second-order valence-electron chi connectivity index (χ2n) is 4.63. The van der Waals surface area contributed by atoms with E-state index >= 15 is 0 Å². The number of nitrogens with zero attached hydrogens (tertiary/aromatic N) is 3. The summed E-state index contributed by atoms with van der Waals surface area (Å²) >= 11 is 0. The predicted octanol–water partition coefficient (Wildman–Crippen LogP) is 1.86. The maximum atomic E-state index is 11.6. The van der Waals surface area contributed by atoms with Crippen molar-refractivity contribution in [1.82, 2.24) is 25.2 Å². The number of amides is 2. The normalized spacial score (nSPS) is 11.9.